The molecule has 0 amide bonds. The SMILES string of the molecule is CNc1cccc(NCC(C)OC)c1[N+](=O)[O-]. The quantitative estimate of drug-likeness (QED) is 0.587. The smallest absolute Gasteiger partial charge is 0.315 e. The molecule has 1 aromatic carbocycles. The van der Waals surface area contributed by atoms with Crippen molar-refractivity contribution in [1.82, 2.24) is 0 Å². The van der Waals surface area contributed by atoms with Gasteiger partial charge >= 0.3 is 5.69 Å². The molecule has 1 rings (SSSR count). The summed E-state index contributed by atoms with van der Waals surface area (Å²) in [5, 5.41) is 16.8. The van der Waals surface area contributed by atoms with Crippen LogP contribution in [0.3, 0.4) is 0 Å². The fourth-order valence-electron chi connectivity index (χ4n) is 1.42. The highest BCUT2D eigenvalue weighted by molar-refractivity contribution is 5.75. The Hall–Kier alpha value is -1.82. The first-order valence-corrected chi connectivity index (χ1v) is 5.32. The van der Waals surface area contributed by atoms with Gasteiger partial charge < -0.3 is 15.4 Å². The van der Waals surface area contributed by atoms with E-state index in [4.69, 9.17) is 4.74 Å². The van der Waals surface area contributed by atoms with Crippen LogP contribution in [-0.2, 0) is 4.74 Å². The Morgan fingerprint density at radius 2 is 2.12 bits per heavy atom. The van der Waals surface area contributed by atoms with Gasteiger partial charge in [-0.1, -0.05) is 6.07 Å². The standard InChI is InChI=1S/C11H17N3O3/c1-8(17-3)7-13-10-6-4-5-9(12-2)11(10)14(15)16/h4-6,8,12-13H,7H2,1-3H3. The molecule has 6 heteroatoms. The molecule has 0 bridgehead atoms. The Bertz CT molecular complexity index is 396. The molecule has 1 aromatic rings. The zero-order valence-electron chi connectivity index (χ0n) is 10.2. The predicted molar refractivity (Wildman–Crippen MR) is 67.6 cm³/mol. The van der Waals surface area contributed by atoms with Crippen molar-refractivity contribution in [3.05, 3.63) is 28.3 Å². The van der Waals surface area contributed by atoms with Crippen LogP contribution in [0.2, 0.25) is 0 Å². The second kappa shape index (κ2) is 6.05. The largest absolute Gasteiger partial charge is 0.382 e. The molecule has 0 spiro atoms. The lowest BCUT2D eigenvalue weighted by atomic mass is 10.2. The Balaban J connectivity index is 2.94. The number of nitrogens with one attached hydrogen (secondary N) is 2. The highest BCUT2D eigenvalue weighted by Crippen LogP contribution is 2.32. The molecule has 0 saturated carbocycles. The summed E-state index contributed by atoms with van der Waals surface area (Å²) in [6.45, 7) is 2.41. The third-order valence-electron chi connectivity index (χ3n) is 2.47. The van der Waals surface area contributed by atoms with E-state index in [-0.39, 0.29) is 11.8 Å². The lowest BCUT2D eigenvalue weighted by molar-refractivity contribution is -0.383. The second-order valence-electron chi connectivity index (χ2n) is 3.64. The topological polar surface area (TPSA) is 76.4 Å². The predicted octanol–water partition coefficient (Wildman–Crippen LogP) is 2.08. The van der Waals surface area contributed by atoms with E-state index < -0.39 is 4.92 Å². The van der Waals surface area contributed by atoms with Crippen LogP contribution in [0.4, 0.5) is 17.1 Å². The fourth-order valence-corrected chi connectivity index (χ4v) is 1.42. The van der Waals surface area contributed by atoms with E-state index in [2.05, 4.69) is 10.6 Å². The molecule has 1 atom stereocenters. The Labute approximate surface area is 100 Å². The molecular formula is C11H17N3O3. The maximum Gasteiger partial charge on any atom is 0.315 e. The summed E-state index contributed by atoms with van der Waals surface area (Å²) in [7, 11) is 3.26. The van der Waals surface area contributed by atoms with E-state index in [1.807, 2.05) is 6.92 Å². The van der Waals surface area contributed by atoms with Gasteiger partial charge in [0, 0.05) is 20.7 Å². The van der Waals surface area contributed by atoms with Crippen molar-refractivity contribution in [2.24, 2.45) is 0 Å². The first-order chi connectivity index (χ1) is 8.10. The van der Waals surface area contributed by atoms with Crippen LogP contribution in [0.1, 0.15) is 6.92 Å². The summed E-state index contributed by atoms with van der Waals surface area (Å²) in [6.07, 6.45) is -0.00662. The summed E-state index contributed by atoms with van der Waals surface area (Å²) in [6, 6.07) is 5.11. The van der Waals surface area contributed by atoms with Crippen LogP contribution in [0.15, 0.2) is 18.2 Å². The van der Waals surface area contributed by atoms with E-state index in [0.29, 0.717) is 17.9 Å². The van der Waals surface area contributed by atoms with Gasteiger partial charge in [0.05, 0.1) is 11.0 Å². The van der Waals surface area contributed by atoms with Gasteiger partial charge in [-0.15, -0.1) is 0 Å². The van der Waals surface area contributed by atoms with Crippen LogP contribution in [0, 0.1) is 10.1 Å². The normalized spacial score (nSPS) is 11.9. The van der Waals surface area contributed by atoms with Crippen molar-refractivity contribution in [2.45, 2.75) is 13.0 Å². The summed E-state index contributed by atoms with van der Waals surface area (Å²) < 4.78 is 5.08. The van der Waals surface area contributed by atoms with E-state index in [0.717, 1.165) is 0 Å². The lowest BCUT2D eigenvalue weighted by Gasteiger charge is -2.13. The molecule has 2 N–H and O–H groups in total. The molecule has 6 nitrogen and oxygen atoms in total. The number of ether oxygens (including phenoxy) is 1. The van der Waals surface area contributed by atoms with Gasteiger partial charge in [0.2, 0.25) is 0 Å². The highest BCUT2D eigenvalue weighted by Gasteiger charge is 2.18. The second-order valence-corrected chi connectivity index (χ2v) is 3.64. The number of nitrogens with zero attached hydrogens (tertiary/aromatic N) is 1. The third-order valence-corrected chi connectivity index (χ3v) is 2.47. The fraction of sp³-hybridized carbons (Fsp3) is 0.455. The molecule has 0 fully saturated rings. The lowest BCUT2D eigenvalue weighted by Crippen LogP contribution is -2.18. The average molecular weight is 239 g/mol. The van der Waals surface area contributed by atoms with Gasteiger partial charge in [-0.2, -0.15) is 0 Å². The van der Waals surface area contributed by atoms with Gasteiger partial charge in [0.25, 0.3) is 0 Å². The van der Waals surface area contributed by atoms with Crippen LogP contribution in [0.5, 0.6) is 0 Å². The molecule has 0 aromatic heterocycles. The first-order valence-electron chi connectivity index (χ1n) is 5.32. The number of nitro benzene ring substituents is 1. The number of hydrogen-bond donors (Lipinski definition) is 2. The van der Waals surface area contributed by atoms with Crippen molar-refractivity contribution in [3.63, 3.8) is 0 Å². The van der Waals surface area contributed by atoms with E-state index >= 15 is 0 Å². The molecule has 1 unspecified atom stereocenters. The van der Waals surface area contributed by atoms with Crippen molar-refractivity contribution in [1.29, 1.82) is 0 Å². The van der Waals surface area contributed by atoms with Gasteiger partial charge in [-0.25, -0.2) is 0 Å². The van der Waals surface area contributed by atoms with Gasteiger partial charge in [-0.05, 0) is 19.1 Å². The third kappa shape index (κ3) is 3.32. The minimum atomic E-state index is -0.397. The van der Waals surface area contributed by atoms with Crippen molar-refractivity contribution in [2.75, 3.05) is 31.3 Å². The van der Waals surface area contributed by atoms with Crippen LogP contribution in [-0.4, -0.2) is 31.7 Å². The first kappa shape index (κ1) is 13.2. The summed E-state index contributed by atoms with van der Waals surface area (Å²) in [5.41, 5.74) is 1.04. The van der Waals surface area contributed by atoms with Crippen molar-refractivity contribution < 1.29 is 9.66 Å². The number of para-hydroxylation sites is 1. The molecule has 0 radical (unpaired) electrons. The molecule has 17 heavy (non-hydrogen) atoms. The summed E-state index contributed by atoms with van der Waals surface area (Å²) >= 11 is 0. The molecular weight excluding hydrogens is 222 g/mol. The average Bonchev–Trinajstić information content (AvgIpc) is 2.34. The molecule has 0 saturated heterocycles. The van der Waals surface area contributed by atoms with Crippen molar-refractivity contribution in [3.8, 4) is 0 Å². The minimum absolute atomic E-state index is 0.00662. The number of hydrogen-bond acceptors (Lipinski definition) is 5. The van der Waals surface area contributed by atoms with E-state index in [9.17, 15) is 10.1 Å². The molecule has 0 aliphatic heterocycles. The van der Waals surface area contributed by atoms with Gasteiger partial charge in [0.1, 0.15) is 11.4 Å². The Kier molecular flexibility index (Phi) is 4.71. The molecule has 94 valence electrons. The summed E-state index contributed by atoms with van der Waals surface area (Å²) in [5.74, 6) is 0. The number of anilines is 2. The maximum atomic E-state index is 11.0. The van der Waals surface area contributed by atoms with E-state index in [1.165, 1.54) is 0 Å². The molecule has 0 aliphatic rings. The monoisotopic (exact) mass is 239 g/mol. The highest BCUT2D eigenvalue weighted by atomic mass is 16.6. The Morgan fingerprint density at radius 1 is 1.47 bits per heavy atom. The van der Waals surface area contributed by atoms with Crippen LogP contribution >= 0.6 is 0 Å². The zero-order valence-corrected chi connectivity index (χ0v) is 10.2. The number of nitro groups is 1. The van der Waals surface area contributed by atoms with Crippen LogP contribution in [0.25, 0.3) is 0 Å². The number of benzene rings is 1. The molecule has 0 heterocycles. The van der Waals surface area contributed by atoms with E-state index in [1.54, 1.807) is 32.4 Å². The van der Waals surface area contributed by atoms with Gasteiger partial charge in [0.15, 0.2) is 0 Å². The minimum Gasteiger partial charge on any atom is -0.382 e. The summed E-state index contributed by atoms with van der Waals surface area (Å²) in [4.78, 5) is 10.6. The zero-order chi connectivity index (χ0) is 12.8. The van der Waals surface area contributed by atoms with Crippen molar-refractivity contribution >= 4 is 17.1 Å². The van der Waals surface area contributed by atoms with Gasteiger partial charge in [-0.3, -0.25) is 10.1 Å². The number of methoxy groups -OCH3 is 1. The van der Waals surface area contributed by atoms with Crippen LogP contribution < -0.4 is 10.6 Å². The maximum absolute atomic E-state index is 11.0. The molecule has 0 aliphatic carbocycles. The number of rotatable bonds is 6. The Morgan fingerprint density at radius 3 is 2.65 bits per heavy atom.